The van der Waals surface area contributed by atoms with Gasteiger partial charge in [-0.1, -0.05) is 0 Å². The molecule has 0 fully saturated rings. The van der Waals surface area contributed by atoms with Crippen LogP contribution in [0.25, 0.3) is 11.2 Å². The quantitative estimate of drug-likeness (QED) is 0.325. The van der Waals surface area contributed by atoms with Crippen molar-refractivity contribution in [3.05, 3.63) is 27.2 Å². The molecule has 11 heteroatoms. The van der Waals surface area contributed by atoms with E-state index in [0.717, 1.165) is 11.7 Å². The molecule has 21 heavy (non-hydrogen) atoms. The Kier molecular flexibility index (Phi) is 4.71. The van der Waals surface area contributed by atoms with Crippen LogP contribution in [0.5, 0.6) is 0 Å². The van der Waals surface area contributed by atoms with Crippen LogP contribution in [0, 0.1) is 0 Å². The van der Waals surface area contributed by atoms with Gasteiger partial charge in [0.1, 0.15) is 0 Å². The second-order valence-electron chi connectivity index (χ2n) is 4.29. The van der Waals surface area contributed by atoms with Gasteiger partial charge in [-0.25, -0.2) is 26.9 Å². The van der Waals surface area contributed by atoms with E-state index in [4.69, 9.17) is 0 Å². The van der Waals surface area contributed by atoms with Gasteiger partial charge in [0.15, 0.2) is 6.33 Å². The van der Waals surface area contributed by atoms with Gasteiger partial charge in [0, 0.05) is 7.05 Å². The smallest absolute Gasteiger partial charge is 0.388 e. The van der Waals surface area contributed by atoms with Crippen molar-refractivity contribution >= 4 is 21.6 Å². The second-order valence-corrected chi connectivity index (χ2v) is 5.44. The number of aryl methyl sites for hydroxylation is 3. The zero-order chi connectivity index (χ0) is 16.5. The Hall–Kier alpha value is -1.98. The maximum atomic E-state index is 11.9. The lowest BCUT2D eigenvalue weighted by Gasteiger charge is -1.98. The third kappa shape index (κ3) is 3.37. The number of rotatable bonds is 1. The van der Waals surface area contributed by atoms with Crippen LogP contribution in [0.3, 0.4) is 0 Å². The highest BCUT2D eigenvalue weighted by atomic mass is 32.3. The van der Waals surface area contributed by atoms with Crippen LogP contribution in [0.2, 0.25) is 0 Å². The molecule has 0 saturated carbocycles. The highest BCUT2D eigenvalue weighted by molar-refractivity contribution is 7.80. The Balaban J connectivity index is 0.000000315. The van der Waals surface area contributed by atoms with Crippen LogP contribution in [-0.2, 0) is 42.8 Å². The van der Waals surface area contributed by atoms with E-state index >= 15 is 0 Å². The Morgan fingerprint density at radius 1 is 1.19 bits per heavy atom. The Bertz CT molecular complexity index is 889. The van der Waals surface area contributed by atoms with E-state index in [9.17, 15) is 22.6 Å². The summed E-state index contributed by atoms with van der Waals surface area (Å²) in [4.78, 5) is 23.5. The summed E-state index contributed by atoms with van der Waals surface area (Å²) in [5.74, 6) is 0. The molecule has 0 aliphatic heterocycles. The minimum atomic E-state index is -4.41. The van der Waals surface area contributed by atoms with Gasteiger partial charge >= 0.3 is 11.2 Å². The molecule has 118 valence electrons. The molecule has 2 heterocycles. The number of hydrogen-bond acceptors (Lipinski definition) is 6. The van der Waals surface area contributed by atoms with E-state index in [2.05, 4.69) is 4.18 Å². The van der Waals surface area contributed by atoms with Crippen LogP contribution in [0.4, 0.5) is 0 Å². The zero-order valence-corrected chi connectivity index (χ0v) is 13.0. The summed E-state index contributed by atoms with van der Waals surface area (Å²) in [6.07, 6.45) is 1.77. The van der Waals surface area contributed by atoms with Crippen molar-refractivity contribution < 1.29 is 21.7 Å². The molecule has 0 unspecified atom stereocenters. The Morgan fingerprint density at radius 2 is 1.67 bits per heavy atom. The average molecular weight is 320 g/mol. The van der Waals surface area contributed by atoms with Crippen LogP contribution in [-0.4, -0.2) is 33.8 Å². The molecule has 0 spiro atoms. The number of fused-ring (bicyclic) bond motifs is 1. The Morgan fingerprint density at radius 3 is 2.10 bits per heavy atom. The number of aromatic nitrogens is 4. The predicted octanol–water partition coefficient (Wildman–Crippen LogP) is -2.51. The van der Waals surface area contributed by atoms with Crippen LogP contribution < -0.4 is 15.8 Å². The predicted molar refractivity (Wildman–Crippen MR) is 71.3 cm³/mol. The molecule has 10 nitrogen and oxygen atoms in total. The zero-order valence-electron chi connectivity index (χ0n) is 12.2. The van der Waals surface area contributed by atoms with E-state index in [-0.39, 0.29) is 11.2 Å². The normalized spacial score (nSPS) is 11.3. The Labute approximate surface area is 120 Å². The number of nitrogens with zero attached hydrogens (tertiary/aromatic N) is 4. The molecule has 2 aromatic heterocycles. The van der Waals surface area contributed by atoms with Crippen molar-refractivity contribution in [1.29, 1.82) is 0 Å². The molecule has 2 rings (SSSR count). The van der Waals surface area contributed by atoms with Crippen molar-refractivity contribution in [2.24, 2.45) is 28.2 Å². The fourth-order valence-electron chi connectivity index (χ4n) is 1.90. The van der Waals surface area contributed by atoms with Gasteiger partial charge < -0.3 is 4.55 Å². The summed E-state index contributed by atoms with van der Waals surface area (Å²) in [5, 5.41) is 0. The molecule has 0 bridgehead atoms. The first-order valence-electron chi connectivity index (χ1n) is 5.63. The van der Waals surface area contributed by atoms with Crippen molar-refractivity contribution in [1.82, 2.24) is 13.7 Å². The van der Waals surface area contributed by atoms with Crippen molar-refractivity contribution in [2.75, 3.05) is 7.11 Å². The summed E-state index contributed by atoms with van der Waals surface area (Å²) in [5.41, 5.74) is 0.582. The molecule has 0 N–H and O–H groups in total. The van der Waals surface area contributed by atoms with E-state index in [1.165, 1.54) is 11.6 Å². The van der Waals surface area contributed by atoms with E-state index in [0.29, 0.717) is 11.2 Å². The monoisotopic (exact) mass is 320 g/mol. The summed E-state index contributed by atoms with van der Waals surface area (Å²) >= 11 is 0. The first-order valence-corrected chi connectivity index (χ1v) is 6.96. The maximum absolute atomic E-state index is 11.9. The van der Waals surface area contributed by atoms with Crippen LogP contribution >= 0.6 is 0 Å². The summed E-state index contributed by atoms with van der Waals surface area (Å²) in [6, 6.07) is 0. The van der Waals surface area contributed by atoms with Crippen LogP contribution in [0.15, 0.2) is 15.9 Å². The fraction of sp³-hybridized carbons (Fsp3) is 0.500. The number of hydrogen-bond donors (Lipinski definition) is 0. The van der Waals surface area contributed by atoms with Crippen molar-refractivity contribution in [3.8, 4) is 0 Å². The maximum Gasteiger partial charge on any atom is 0.388 e. The third-order valence-corrected chi connectivity index (χ3v) is 3.26. The highest BCUT2D eigenvalue weighted by Gasteiger charge is 2.20. The van der Waals surface area contributed by atoms with Crippen LogP contribution in [0.1, 0.15) is 0 Å². The molecule has 0 saturated heterocycles. The molecular weight excluding hydrogens is 304 g/mol. The lowest BCUT2D eigenvalue weighted by molar-refractivity contribution is -0.648. The SMILES string of the molecule is COS(=O)(=O)[O-].Cn1c(=O)c2c(n(C)c1=O)[n+](C)cn2C. The first kappa shape index (κ1) is 17.1. The van der Waals surface area contributed by atoms with Gasteiger partial charge in [-0.05, 0) is 0 Å². The second kappa shape index (κ2) is 5.79. The summed E-state index contributed by atoms with van der Waals surface area (Å²) < 4.78 is 37.1. The van der Waals surface area contributed by atoms with Crippen molar-refractivity contribution in [2.45, 2.75) is 0 Å². The van der Waals surface area contributed by atoms with Gasteiger partial charge in [0.2, 0.25) is 15.9 Å². The lowest BCUT2D eigenvalue weighted by Crippen LogP contribution is -2.41. The minimum Gasteiger partial charge on any atom is -0.726 e. The topological polar surface area (TPSA) is 119 Å². The largest absolute Gasteiger partial charge is 0.726 e. The molecule has 0 radical (unpaired) electrons. The molecule has 0 aliphatic rings. The van der Waals surface area contributed by atoms with Crippen molar-refractivity contribution in [3.63, 3.8) is 0 Å². The van der Waals surface area contributed by atoms with Gasteiger partial charge in [0.05, 0.1) is 28.3 Å². The molecule has 2 aromatic rings. The lowest BCUT2D eigenvalue weighted by atomic mass is 10.5. The minimum absolute atomic E-state index is 0.267. The summed E-state index contributed by atoms with van der Waals surface area (Å²) in [6.45, 7) is 0. The van der Waals surface area contributed by atoms with Gasteiger partial charge in [-0.2, -0.15) is 0 Å². The highest BCUT2D eigenvalue weighted by Crippen LogP contribution is 1.99. The molecule has 0 aliphatic carbocycles. The third-order valence-electron chi connectivity index (χ3n) is 2.85. The van der Waals surface area contributed by atoms with Gasteiger partial charge in [0.25, 0.3) is 5.65 Å². The van der Waals surface area contributed by atoms with E-state index < -0.39 is 10.4 Å². The molecule has 0 atom stereocenters. The fourth-order valence-corrected chi connectivity index (χ4v) is 1.90. The summed E-state index contributed by atoms with van der Waals surface area (Å²) in [7, 11) is 3.13. The standard InChI is InChI=1S/C9H13N4O2.CH4O4S/c1-10-5-11(2)7-6(10)8(14)13(4)9(15)12(7)3;1-5-6(2,3)4/h5H,1-4H3;1H3,(H,2,3,4)/q+1;/p-1. The molecule has 0 aromatic carbocycles. The molecule has 0 amide bonds. The average Bonchev–Trinajstić information content (AvgIpc) is 2.68. The van der Waals surface area contributed by atoms with E-state index in [1.54, 1.807) is 36.6 Å². The van der Waals surface area contributed by atoms with Gasteiger partial charge in [-0.15, -0.1) is 0 Å². The number of imidazole rings is 1. The van der Waals surface area contributed by atoms with Gasteiger partial charge in [-0.3, -0.25) is 13.5 Å². The first-order chi connectivity index (χ1) is 9.51. The van der Waals surface area contributed by atoms with E-state index in [1.807, 2.05) is 0 Å². The molecular formula is C10H16N4O6S.